The summed E-state index contributed by atoms with van der Waals surface area (Å²) in [6, 6.07) is 4.27. The molecule has 1 saturated heterocycles. The number of benzene rings is 1. The minimum absolute atomic E-state index is 0.0804. The third-order valence-electron chi connectivity index (χ3n) is 6.93. The molecule has 0 bridgehead atoms. The van der Waals surface area contributed by atoms with Crippen LogP contribution in [0, 0.1) is 11.8 Å². The smallest absolute Gasteiger partial charge is 0.326 e. The fourth-order valence-corrected chi connectivity index (χ4v) is 5.07. The van der Waals surface area contributed by atoms with Crippen LogP contribution in [-0.2, 0) is 25.6 Å². The zero-order chi connectivity index (χ0) is 28.0. The highest BCUT2D eigenvalue weighted by atomic mass is 16.4. The van der Waals surface area contributed by atoms with Gasteiger partial charge in [0, 0.05) is 23.6 Å². The van der Waals surface area contributed by atoms with Crippen molar-refractivity contribution in [1.29, 1.82) is 0 Å². The van der Waals surface area contributed by atoms with Crippen LogP contribution in [0.3, 0.4) is 0 Å². The van der Waals surface area contributed by atoms with Gasteiger partial charge in [0.25, 0.3) is 0 Å². The molecular formula is C28H41N5O5. The standard InChI is InChI=1S/C28H41N5O5/c1-16(2)12-22(31-25(34)20(29)14-18-15-30-21-9-6-5-8-19(18)21)27(36)33-11-7-10-24(33)26(35)32-23(28(37)38)13-17(3)4/h5-6,8-9,15-17,20,22-24,30H,7,10-14,29H2,1-4H3,(H,31,34)(H,32,35)(H,37,38). The Bertz CT molecular complexity index is 1140. The summed E-state index contributed by atoms with van der Waals surface area (Å²) < 4.78 is 0. The summed E-state index contributed by atoms with van der Waals surface area (Å²) in [5, 5.41) is 16.0. The number of nitrogens with two attached hydrogens (primary N) is 1. The number of aromatic nitrogens is 1. The van der Waals surface area contributed by atoms with Gasteiger partial charge in [-0.15, -0.1) is 0 Å². The van der Waals surface area contributed by atoms with Crippen molar-refractivity contribution in [3.63, 3.8) is 0 Å². The number of carbonyl (C=O) groups is 4. The number of nitrogens with zero attached hydrogens (tertiary/aromatic N) is 1. The Morgan fingerprint density at radius 2 is 1.71 bits per heavy atom. The third-order valence-corrected chi connectivity index (χ3v) is 6.93. The second kappa shape index (κ2) is 12.9. The van der Waals surface area contributed by atoms with E-state index in [1.165, 1.54) is 4.90 Å². The minimum Gasteiger partial charge on any atom is -0.480 e. The molecule has 2 aromatic rings. The van der Waals surface area contributed by atoms with Crippen LogP contribution in [0.4, 0.5) is 0 Å². The predicted molar refractivity (Wildman–Crippen MR) is 145 cm³/mol. The molecule has 6 N–H and O–H groups in total. The van der Waals surface area contributed by atoms with Crippen LogP contribution in [0.15, 0.2) is 30.5 Å². The topological polar surface area (TPSA) is 158 Å². The van der Waals surface area contributed by atoms with Crippen molar-refractivity contribution < 1.29 is 24.3 Å². The molecule has 208 valence electrons. The van der Waals surface area contributed by atoms with Gasteiger partial charge in [-0.3, -0.25) is 14.4 Å². The number of aliphatic carboxylic acids is 1. The lowest BCUT2D eigenvalue weighted by atomic mass is 10.00. The maximum Gasteiger partial charge on any atom is 0.326 e. The fraction of sp³-hybridized carbons (Fsp3) is 0.571. The van der Waals surface area contributed by atoms with Gasteiger partial charge in [-0.25, -0.2) is 4.79 Å². The Balaban J connectivity index is 1.69. The lowest BCUT2D eigenvalue weighted by Gasteiger charge is -2.30. The van der Waals surface area contributed by atoms with E-state index in [2.05, 4.69) is 15.6 Å². The monoisotopic (exact) mass is 527 g/mol. The molecule has 1 fully saturated rings. The number of amides is 3. The Morgan fingerprint density at radius 1 is 1.05 bits per heavy atom. The number of aromatic amines is 1. The van der Waals surface area contributed by atoms with E-state index in [9.17, 15) is 24.3 Å². The van der Waals surface area contributed by atoms with Crippen LogP contribution in [0.25, 0.3) is 10.9 Å². The third kappa shape index (κ3) is 7.34. The summed E-state index contributed by atoms with van der Waals surface area (Å²) in [5.41, 5.74) is 8.14. The molecule has 0 radical (unpaired) electrons. The second-order valence-electron chi connectivity index (χ2n) is 11.1. The Kier molecular flexibility index (Phi) is 9.90. The van der Waals surface area contributed by atoms with Crippen molar-refractivity contribution in [2.75, 3.05) is 6.54 Å². The van der Waals surface area contributed by atoms with Crippen molar-refractivity contribution in [2.24, 2.45) is 17.6 Å². The lowest BCUT2D eigenvalue weighted by Crippen LogP contribution is -2.57. The molecule has 1 aliphatic heterocycles. The Morgan fingerprint density at radius 3 is 2.37 bits per heavy atom. The van der Waals surface area contributed by atoms with E-state index in [4.69, 9.17) is 5.73 Å². The number of nitrogens with one attached hydrogen (secondary N) is 3. The molecule has 0 aliphatic carbocycles. The molecule has 4 atom stereocenters. The average molecular weight is 528 g/mol. The number of carboxylic acid groups (broad SMARTS) is 1. The first kappa shape index (κ1) is 29.2. The van der Waals surface area contributed by atoms with Crippen LogP contribution >= 0.6 is 0 Å². The number of carboxylic acids is 1. The first-order valence-electron chi connectivity index (χ1n) is 13.4. The van der Waals surface area contributed by atoms with E-state index in [0.717, 1.165) is 16.5 Å². The van der Waals surface area contributed by atoms with Crippen LogP contribution < -0.4 is 16.4 Å². The zero-order valence-electron chi connectivity index (χ0n) is 22.7. The lowest BCUT2D eigenvalue weighted by molar-refractivity contribution is -0.145. The van der Waals surface area contributed by atoms with E-state index >= 15 is 0 Å². The molecule has 4 unspecified atom stereocenters. The molecule has 2 heterocycles. The van der Waals surface area contributed by atoms with Crippen molar-refractivity contribution in [1.82, 2.24) is 20.5 Å². The number of fused-ring (bicyclic) bond motifs is 1. The van der Waals surface area contributed by atoms with E-state index in [1.807, 2.05) is 58.2 Å². The normalized spacial score (nSPS) is 18.0. The van der Waals surface area contributed by atoms with E-state index in [0.29, 0.717) is 38.6 Å². The number of hydrogen-bond acceptors (Lipinski definition) is 5. The number of hydrogen-bond donors (Lipinski definition) is 5. The van der Waals surface area contributed by atoms with Gasteiger partial charge >= 0.3 is 5.97 Å². The fourth-order valence-electron chi connectivity index (χ4n) is 5.07. The Hall–Kier alpha value is -3.40. The van der Waals surface area contributed by atoms with Gasteiger partial charge in [-0.2, -0.15) is 0 Å². The Labute approximate surface area is 223 Å². The highest BCUT2D eigenvalue weighted by Gasteiger charge is 2.39. The average Bonchev–Trinajstić information content (AvgIpc) is 3.50. The first-order chi connectivity index (χ1) is 18.0. The summed E-state index contributed by atoms with van der Waals surface area (Å²) in [6.45, 7) is 8.04. The van der Waals surface area contributed by atoms with Crippen molar-refractivity contribution in [3.8, 4) is 0 Å². The summed E-state index contributed by atoms with van der Waals surface area (Å²) in [6.07, 6.45) is 3.88. The van der Waals surface area contributed by atoms with Crippen LogP contribution in [0.5, 0.6) is 0 Å². The van der Waals surface area contributed by atoms with E-state index in [1.54, 1.807) is 0 Å². The number of para-hydroxylation sites is 1. The molecule has 3 amide bonds. The summed E-state index contributed by atoms with van der Waals surface area (Å²) in [7, 11) is 0. The highest BCUT2D eigenvalue weighted by Crippen LogP contribution is 2.22. The highest BCUT2D eigenvalue weighted by molar-refractivity contribution is 5.94. The maximum absolute atomic E-state index is 13.6. The number of likely N-dealkylation sites (tertiary alicyclic amines) is 1. The van der Waals surface area contributed by atoms with E-state index in [-0.39, 0.29) is 17.7 Å². The van der Waals surface area contributed by atoms with Gasteiger partial charge in [-0.05, 0) is 55.6 Å². The van der Waals surface area contributed by atoms with Gasteiger partial charge in [0.1, 0.15) is 18.1 Å². The largest absolute Gasteiger partial charge is 0.480 e. The van der Waals surface area contributed by atoms with Crippen LogP contribution in [-0.4, -0.2) is 69.4 Å². The number of rotatable bonds is 12. The summed E-state index contributed by atoms with van der Waals surface area (Å²) in [5.74, 6) is -2.17. The molecule has 38 heavy (non-hydrogen) atoms. The van der Waals surface area contributed by atoms with Gasteiger partial charge in [0.05, 0.1) is 6.04 Å². The summed E-state index contributed by atoms with van der Waals surface area (Å²) in [4.78, 5) is 56.0. The van der Waals surface area contributed by atoms with E-state index < -0.39 is 42.0 Å². The molecular weight excluding hydrogens is 486 g/mol. The quantitative estimate of drug-likeness (QED) is 0.285. The molecule has 1 aromatic carbocycles. The number of carbonyl (C=O) groups excluding carboxylic acids is 3. The predicted octanol–water partition coefficient (Wildman–Crippen LogP) is 2.18. The SMILES string of the molecule is CC(C)CC(NC(=O)C1CCCN1C(=O)C(CC(C)C)NC(=O)C(N)Cc1c[nH]c2ccccc12)C(=O)O. The molecule has 0 spiro atoms. The first-order valence-corrected chi connectivity index (χ1v) is 13.4. The molecule has 10 nitrogen and oxygen atoms in total. The molecule has 3 rings (SSSR count). The molecule has 10 heteroatoms. The van der Waals surface area contributed by atoms with Gasteiger partial charge in [0.2, 0.25) is 17.7 Å². The van der Waals surface area contributed by atoms with Gasteiger partial charge in [0.15, 0.2) is 0 Å². The van der Waals surface area contributed by atoms with Gasteiger partial charge < -0.3 is 31.4 Å². The van der Waals surface area contributed by atoms with Crippen LogP contribution in [0.2, 0.25) is 0 Å². The molecule has 1 aromatic heterocycles. The van der Waals surface area contributed by atoms with Crippen molar-refractivity contribution >= 4 is 34.6 Å². The van der Waals surface area contributed by atoms with Crippen molar-refractivity contribution in [3.05, 3.63) is 36.0 Å². The molecule has 0 saturated carbocycles. The summed E-state index contributed by atoms with van der Waals surface area (Å²) >= 11 is 0. The van der Waals surface area contributed by atoms with Crippen LogP contribution in [0.1, 0.15) is 58.9 Å². The zero-order valence-corrected chi connectivity index (χ0v) is 22.7. The van der Waals surface area contributed by atoms with Crippen molar-refractivity contribution in [2.45, 2.75) is 84.0 Å². The number of H-pyrrole nitrogens is 1. The minimum atomic E-state index is -1.10. The van der Waals surface area contributed by atoms with Gasteiger partial charge in [-0.1, -0.05) is 45.9 Å². The second-order valence-corrected chi connectivity index (χ2v) is 11.1. The maximum atomic E-state index is 13.6. The molecule has 1 aliphatic rings.